The maximum Gasteiger partial charge on any atom is 0.0852 e. The van der Waals surface area contributed by atoms with Gasteiger partial charge in [0.15, 0.2) is 0 Å². The second-order valence-corrected chi connectivity index (χ2v) is 5.81. The molecule has 1 atom stereocenters. The molecule has 1 heterocycles. The molecule has 1 aromatic carbocycles. The Bertz CT molecular complexity index is 625. The van der Waals surface area contributed by atoms with Crippen LogP contribution in [0.15, 0.2) is 54.7 Å². The Balaban J connectivity index is 1.64. The number of hydrogen-bond acceptors (Lipinski definition) is 3. The Morgan fingerprint density at radius 3 is 2.52 bits per heavy atom. The molecule has 0 amide bonds. The van der Waals surface area contributed by atoms with E-state index in [0.29, 0.717) is 6.04 Å². The first kappa shape index (κ1) is 13.8. The third-order valence-corrected chi connectivity index (χ3v) is 4.35. The van der Waals surface area contributed by atoms with Gasteiger partial charge in [0.05, 0.1) is 17.2 Å². The average Bonchev–Trinajstić information content (AvgIpc) is 2.52. The summed E-state index contributed by atoms with van der Waals surface area (Å²) in [6.45, 7) is 2.12. The van der Waals surface area contributed by atoms with Crippen LogP contribution < -0.4 is 5.32 Å². The number of nitrogens with one attached hydrogen (secondary N) is 1. The molecule has 0 bridgehead atoms. The van der Waals surface area contributed by atoms with Crippen LogP contribution in [-0.4, -0.2) is 11.0 Å². The topological polar surface area (TPSA) is 48.7 Å². The van der Waals surface area contributed by atoms with Crippen molar-refractivity contribution in [2.45, 2.75) is 37.3 Å². The quantitative estimate of drug-likeness (QED) is 0.932. The number of benzene rings is 1. The van der Waals surface area contributed by atoms with E-state index in [1.54, 1.807) is 0 Å². The van der Waals surface area contributed by atoms with Gasteiger partial charge in [-0.05, 0) is 37.5 Å². The highest BCUT2D eigenvalue weighted by Crippen LogP contribution is 2.43. The van der Waals surface area contributed by atoms with Crippen molar-refractivity contribution >= 4 is 0 Å². The molecule has 0 spiro atoms. The van der Waals surface area contributed by atoms with E-state index in [-0.39, 0.29) is 11.5 Å². The van der Waals surface area contributed by atoms with Gasteiger partial charge in [0.2, 0.25) is 0 Å². The molecule has 1 saturated carbocycles. The second kappa shape index (κ2) is 5.67. The second-order valence-electron chi connectivity index (χ2n) is 5.81. The van der Waals surface area contributed by atoms with Gasteiger partial charge in [-0.25, -0.2) is 0 Å². The lowest BCUT2D eigenvalue weighted by molar-refractivity contribution is 0.212. The van der Waals surface area contributed by atoms with Gasteiger partial charge in [-0.15, -0.1) is 0 Å². The molecule has 3 nitrogen and oxygen atoms in total. The van der Waals surface area contributed by atoms with Crippen molar-refractivity contribution in [2.24, 2.45) is 0 Å². The minimum Gasteiger partial charge on any atom is -0.306 e. The summed E-state index contributed by atoms with van der Waals surface area (Å²) in [5.41, 5.74) is 1.87. The molecule has 106 valence electrons. The normalized spacial score (nSPS) is 25.6. The van der Waals surface area contributed by atoms with E-state index in [0.717, 1.165) is 24.1 Å². The van der Waals surface area contributed by atoms with E-state index in [9.17, 15) is 5.26 Å². The number of pyridine rings is 1. The molecule has 0 aliphatic heterocycles. The van der Waals surface area contributed by atoms with Crippen molar-refractivity contribution in [2.75, 3.05) is 0 Å². The minimum atomic E-state index is -0.317. The smallest absolute Gasteiger partial charge is 0.0852 e. The van der Waals surface area contributed by atoms with Crippen LogP contribution in [-0.2, 0) is 5.41 Å². The fourth-order valence-corrected chi connectivity index (χ4v) is 3.12. The molecule has 0 radical (unpaired) electrons. The molecule has 1 aliphatic rings. The van der Waals surface area contributed by atoms with Gasteiger partial charge in [0, 0.05) is 18.3 Å². The molecule has 3 rings (SSSR count). The summed E-state index contributed by atoms with van der Waals surface area (Å²) in [6, 6.07) is 19.2. The summed E-state index contributed by atoms with van der Waals surface area (Å²) in [7, 11) is 0. The molecule has 1 fully saturated rings. The lowest BCUT2D eigenvalue weighted by Gasteiger charge is -2.44. The molecular weight excluding hydrogens is 258 g/mol. The first-order chi connectivity index (χ1) is 10.2. The van der Waals surface area contributed by atoms with Gasteiger partial charge in [-0.1, -0.05) is 36.4 Å². The van der Waals surface area contributed by atoms with Crippen LogP contribution in [0.25, 0.3) is 0 Å². The van der Waals surface area contributed by atoms with E-state index in [2.05, 4.69) is 35.4 Å². The molecule has 21 heavy (non-hydrogen) atoms. The highest BCUT2D eigenvalue weighted by atomic mass is 15.0. The van der Waals surface area contributed by atoms with Gasteiger partial charge in [-0.2, -0.15) is 5.26 Å². The third-order valence-electron chi connectivity index (χ3n) is 4.35. The standard InChI is InChI=1S/C18H19N3/c1-14(17-9-5-6-10-20-17)21-16-11-18(12-16,13-19)15-7-3-2-4-8-15/h2-10,14,16,21H,11-12H2,1H3/t14-,16?,18?/m1/s1. The zero-order chi connectivity index (χ0) is 14.7. The lowest BCUT2D eigenvalue weighted by Crippen LogP contribution is -2.51. The van der Waals surface area contributed by atoms with Crippen molar-refractivity contribution in [1.29, 1.82) is 5.26 Å². The van der Waals surface area contributed by atoms with E-state index in [1.165, 1.54) is 0 Å². The van der Waals surface area contributed by atoms with E-state index < -0.39 is 0 Å². The van der Waals surface area contributed by atoms with Crippen LogP contribution in [0, 0.1) is 11.3 Å². The first-order valence-corrected chi connectivity index (χ1v) is 7.37. The molecule has 2 aromatic rings. The molecule has 0 saturated heterocycles. The maximum atomic E-state index is 9.57. The van der Waals surface area contributed by atoms with Crippen molar-refractivity contribution in [3.8, 4) is 6.07 Å². The van der Waals surface area contributed by atoms with Crippen LogP contribution >= 0.6 is 0 Å². The number of nitriles is 1. The van der Waals surface area contributed by atoms with Crippen molar-refractivity contribution in [1.82, 2.24) is 10.3 Å². The third kappa shape index (κ3) is 2.68. The van der Waals surface area contributed by atoms with Gasteiger partial charge >= 0.3 is 0 Å². The Hall–Kier alpha value is -2.18. The predicted molar refractivity (Wildman–Crippen MR) is 82.5 cm³/mol. The number of rotatable bonds is 4. The largest absolute Gasteiger partial charge is 0.306 e. The Kier molecular flexibility index (Phi) is 3.72. The molecule has 0 unspecified atom stereocenters. The van der Waals surface area contributed by atoms with Crippen molar-refractivity contribution in [3.05, 3.63) is 66.0 Å². The van der Waals surface area contributed by atoms with Crippen molar-refractivity contribution < 1.29 is 0 Å². The summed E-state index contributed by atoms with van der Waals surface area (Å²) in [6.07, 6.45) is 3.55. The zero-order valence-electron chi connectivity index (χ0n) is 12.2. The number of nitrogens with zero attached hydrogens (tertiary/aromatic N) is 2. The fraction of sp³-hybridized carbons (Fsp3) is 0.333. The Morgan fingerprint density at radius 1 is 1.19 bits per heavy atom. The molecule has 1 aliphatic carbocycles. The molecule has 1 aromatic heterocycles. The zero-order valence-corrected chi connectivity index (χ0v) is 12.2. The summed E-state index contributed by atoms with van der Waals surface area (Å²) in [5.74, 6) is 0. The van der Waals surface area contributed by atoms with E-state index >= 15 is 0 Å². The Labute approximate surface area is 125 Å². The highest BCUT2D eigenvalue weighted by Gasteiger charge is 2.46. The van der Waals surface area contributed by atoms with Crippen LogP contribution in [0.5, 0.6) is 0 Å². The minimum absolute atomic E-state index is 0.212. The van der Waals surface area contributed by atoms with Gasteiger partial charge in [0.25, 0.3) is 0 Å². The Morgan fingerprint density at radius 2 is 1.90 bits per heavy atom. The number of hydrogen-bond donors (Lipinski definition) is 1. The van der Waals surface area contributed by atoms with Crippen molar-refractivity contribution in [3.63, 3.8) is 0 Å². The van der Waals surface area contributed by atoms with Gasteiger partial charge in [-0.3, -0.25) is 4.98 Å². The molecule has 3 heteroatoms. The van der Waals surface area contributed by atoms with Gasteiger partial charge < -0.3 is 5.32 Å². The SMILES string of the molecule is C[C@@H](NC1CC(C#N)(c2ccccc2)C1)c1ccccn1. The summed E-state index contributed by atoms with van der Waals surface area (Å²) >= 11 is 0. The summed E-state index contributed by atoms with van der Waals surface area (Å²) in [4.78, 5) is 4.38. The first-order valence-electron chi connectivity index (χ1n) is 7.37. The predicted octanol–water partition coefficient (Wildman–Crippen LogP) is 3.36. The van der Waals surface area contributed by atoms with Crippen LogP contribution in [0.4, 0.5) is 0 Å². The molecular formula is C18H19N3. The summed E-state index contributed by atoms with van der Waals surface area (Å²) < 4.78 is 0. The molecule has 1 N–H and O–H groups in total. The lowest BCUT2D eigenvalue weighted by atomic mass is 9.62. The monoisotopic (exact) mass is 277 g/mol. The average molecular weight is 277 g/mol. The van der Waals surface area contributed by atoms with E-state index in [4.69, 9.17) is 0 Å². The maximum absolute atomic E-state index is 9.57. The van der Waals surface area contributed by atoms with E-state index in [1.807, 2.05) is 42.6 Å². The van der Waals surface area contributed by atoms with Gasteiger partial charge in [0.1, 0.15) is 0 Å². The van der Waals surface area contributed by atoms with Crippen LogP contribution in [0.2, 0.25) is 0 Å². The fourth-order valence-electron chi connectivity index (χ4n) is 3.12. The van der Waals surface area contributed by atoms with Crippen LogP contribution in [0.1, 0.15) is 37.1 Å². The van der Waals surface area contributed by atoms with Crippen LogP contribution in [0.3, 0.4) is 0 Å². The highest BCUT2D eigenvalue weighted by molar-refractivity contribution is 5.37. The summed E-state index contributed by atoms with van der Waals surface area (Å²) in [5, 5.41) is 13.1. The number of aromatic nitrogens is 1.